The van der Waals surface area contributed by atoms with Crippen LogP contribution in [0.4, 0.5) is 21.5 Å². The van der Waals surface area contributed by atoms with Crippen LogP contribution in [0.15, 0.2) is 93.5 Å². The molecule has 190 valence electrons. The molecular weight excluding hydrogens is 505 g/mol. The van der Waals surface area contributed by atoms with Gasteiger partial charge in [0.1, 0.15) is 5.82 Å². The Bertz CT molecular complexity index is 1340. The van der Waals surface area contributed by atoms with Crippen LogP contribution in [0.25, 0.3) is 5.70 Å². The lowest BCUT2D eigenvalue weighted by Crippen LogP contribution is -2.28. The van der Waals surface area contributed by atoms with E-state index in [1.807, 2.05) is 60.2 Å². The minimum absolute atomic E-state index is 0.116. The molecule has 1 aliphatic heterocycles. The van der Waals surface area contributed by atoms with Crippen molar-refractivity contribution in [2.24, 2.45) is 4.99 Å². The van der Waals surface area contributed by atoms with Crippen LogP contribution < -0.4 is 16.4 Å². The fourth-order valence-electron chi connectivity index (χ4n) is 3.63. The Morgan fingerprint density at radius 1 is 1.14 bits per heavy atom. The Morgan fingerprint density at radius 3 is 2.59 bits per heavy atom. The lowest BCUT2D eigenvalue weighted by atomic mass is 10.2. The number of nitrogen functional groups attached to an aromatic ring is 1. The summed E-state index contributed by atoms with van der Waals surface area (Å²) < 4.78 is 13.3. The minimum Gasteiger partial charge on any atom is -0.399 e. The Labute approximate surface area is 224 Å². The van der Waals surface area contributed by atoms with Gasteiger partial charge in [-0.1, -0.05) is 30.3 Å². The summed E-state index contributed by atoms with van der Waals surface area (Å²) in [7, 11) is 1.80. The molecule has 6 nitrogen and oxygen atoms in total. The zero-order valence-electron chi connectivity index (χ0n) is 20.6. The first kappa shape index (κ1) is 26.4. The van der Waals surface area contributed by atoms with Crippen LogP contribution in [0.1, 0.15) is 18.1 Å². The van der Waals surface area contributed by atoms with Gasteiger partial charge in [-0.15, -0.1) is 11.8 Å². The standard InChI is InChI=1S/C28H28FN5OS2/c1-3-32-23-14-13-22(30)15-24(23)33-28-34(16-19-7-5-4-6-8-19)27(35)26(37-28)18-36-17-25(31-2)20-9-11-21(29)12-10-20/h4-15,17-18,31-32H,3,16,30H2,1-2H3/b25-17-,26-18-,33-28?. The third-order valence-corrected chi connectivity index (χ3v) is 7.36. The largest absolute Gasteiger partial charge is 0.399 e. The molecule has 4 rings (SSSR count). The fourth-order valence-corrected chi connectivity index (χ4v) is 5.47. The smallest absolute Gasteiger partial charge is 0.267 e. The minimum atomic E-state index is -0.287. The van der Waals surface area contributed by atoms with Gasteiger partial charge in [-0.05, 0) is 83.1 Å². The number of amides is 1. The second kappa shape index (κ2) is 12.5. The molecule has 0 bridgehead atoms. The van der Waals surface area contributed by atoms with Crippen molar-refractivity contribution in [1.82, 2.24) is 10.2 Å². The summed E-state index contributed by atoms with van der Waals surface area (Å²) in [6, 6.07) is 21.6. The van der Waals surface area contributed by atoms with Crippen molar-refractivity contribution in [2.75, 3.05) is 24.6 Å². The maximum Gasteiger partial charge on any atom is 0.267 e. The lowest BCUT2D eigenvalue weighted by Gasteiger charge is -2.16. The summed E-state index contributed by atoms with van der Waals surface area (Å²) in [5.41, 5.74) is 10.9. The zero-order valence-corrected chi connectivity index (χ0v) is 22.2. The number of halogens is 1. The van der Waals surface area contributed by atoms with Crippen LogP contribution >= 0.6 is 23.5 Å². The summed E-state index contributed by atoms with van der Waals surface area (Å²) in [5.74, 6) is -0.403. The molecule has 0 spiro atoms. The maximum absolute atomic E-state index is 13.5. The van der Waals surface area contributed by atoms with Crippen molar-refractivity contribution < 1.29 is 9.18 Å². The van der Waals surface area contributed by atoms with E-state index in [2.05, 4.69) is 10.6 Å². The average Bonchev–Trinajstić information content (AvgIpc) is 3.18. The average molecular weight is 534 g/mol. The number of carbonyl (C=O) groups is 1. The van der Waals surface area contributed by atoms with Crippen LogP contribution in [-0.2, 0) is 11.3 Å². The highest BCUT2D eigenvalue weighted by Crippen LogP contribution is 2.37. The zero-order chi connectivity index (χ0) is 26.2. The van der Waals surface area contributed by atoms with Crippen molar-refractivity contribution in [3.8, 4) is 0 Å². The molecule has 0 atom stereocenters. The van der Waals surface area contributed by atoms with Crippen molar-refractivity contribution in [1.29, 1.82) is 0 Å². The Kier molecular flexibility index (Phi) is 8.92. The van der Waals surface area contributed by atoms with Crippen molar-refractivity contribution in [2.45, 2.75) is 13.5 Å². The first-order valence-corrected chi connectivity index (χ1v) is 13.5. The molecule has 3 aromatic rings. The van der Waals surface area contributed by atoms with Crippen molar-refractivity contribution in [3.05, 3.63) is 105 Å². The number of amidine groups is 1. The predicted molar refractivity (Wildman–Crippen MR) is 156 cm³/mol. The molecule has 0 aliphatic carbocycles. The van der Waals surface area contributed by atoms with Crippen LogP contribution in [0, 0.1) is 5.82 Å². The molecule has 1 saturated heterocycles. The number of aliphatic imine (C=N–C) groups is 1. The number of nitrogens with one attached hydrogen (secondary N) is 2. The summed E-state index contributed by atoms with van der Waals surface area (Å²) in [6.45, 7) is 3.15. The SMILES string of the molecule is CCNc1ccc(N)cc1N=C1S/C(=C\S/C=C(\NC)c2ccc(F)cc2)C(=O)N1Cc1ccccc1. The number of hydrogen-bond acceptors (Lipinski definition) is 7. The quantitative estimate of drug-likeness (QED) is 0.218. The van der Waals surface area contributed by atoms with E-state index < -0.39 is 0 Å². The second-order valence-corrected chi connectivity index (χ2v) is 9.84. The van der Waals surface area contributed by atoms with Gasteiger partial charge in [0, 0.05) is 25.0 Å². The number of carbonyl (C=O) groups excluding carboxylic acids is 1. The molecule has 0 aromatic heterocycles. The fraction of sp³-hybridized carbons (Fsp3) is 0.143. The van der Waals surface area contributed by atoms with Gasteiger partial charge in [0.25, 0.3) is 5.91 Å². The second-order valence-electron chi connectivity index (χ2n) is 8.09. The van der Waals surface area contributed by atoms with Crippen LogP contribution in [0.2, 0.25) is 0 Å². The molecule has 1 amide bonds. The van der Waals surface area contributed by atoms with E-state index in [-0.39, 0.29) is 11.7 Å². The lowest BCUT2D eigenvalue weighted by molar-refractivity contribution is -0.122. The third-order valence-electron chi connectivity index (χ3n) is 5.46. The van der Waals surface area contributed by atoms with Crippen LogP contribution in [0.3, 0.4) is 0 Å². The third kappa shape index (κ3) is 6.75. The normalized spacial score (nSPS) is 16.0. The van der Waals surface area contributed by atoms with Gasteiger partial charge in [0.15, 0.2) is 5.17 Å². The van der Waals surface area contributed by atoms with Gasteiger partial charge < -0.3 is 16.4 Å². The Balaban J connectivity index is 1.64. The molecule has 4 N–H and O–H groups in total. The Morgan fingerprint density at radius 2 is 1.89 bits per heavy atom. The number of rotatable bonds is 9. The predicted octanol–water partition coefficient (Wildman–Crippen LogP) is 6.40. The van der Waals surface area contributed by atoms with Gasteiger partial charge in [0.2, 0.25) is 0 Å². The van der Waals surface area contributed by atoms with Gasteiger partial charge in [-0.3, -0.25) is 9.69 Å². The first-order chi connectivity index (χ1) is 18.0. The molecule has 1 fully saturated rings. The van der Waals surface area contributed by atoms with E-state index in [0.29, 0.717) is 28.0 Å². The number of nitrogens with two attached hydrogens (primary N) is 1. The molecule has 0 unspecified atom stereocenters. The number of nitrogens with zero attached hydrogens (tertiary/aromatic N) is 2. The number of hydrogen-bond donors (Lipinski definition) is 3. The van der Waals surface area contributed by atoms with Gasteiger partial charge >= 0.3 is 0 Å². The number of thioether (sulfide) groups is 2. The summed E-state index contributed by atoms with van der Waals surface area (Å²) in [4.78, 5) is 20.6. The Hall–Kier alpha value is -3.69. The van der Waals surface area contributed by atoms with Crippen molar-refractivity contribution >= 4 is 57.4 Å². The van der Waals surface area contributed by atoms with E-state index in [1.54, 1.807) is 30.1 Å². The maximum atomic E-state index is 13.5. The molecule has 1 aliphatic rings. The molecule has 3 aromatic carbocycles. The molecule has 1 heterocycles. The van der Waals surface area contributed by atoms with E-state index in [0.717, 1.165) is 29.1 Å². The molecular formula is C28H28FN5OS2. The van der Waals surface area contributed by atoms with Gasteiger partial charge in [-0.2, -0.15) is 0 Å². The molecule has 0 saturated carbocycles. The topological polar surface area (TPSA) is 82.7 Å². The highest BCUT2D eigenvalue weighted by atomic mass is 32.2. The summed E-state index contributed by atoms with van der Waals surface area (Å²) >= 11 is 2.71. The van der Waals surface area contributed by atoms with Crippen LogP contribution in [-0.4, -0.2) is 29.6 Å². The number of benzene rings is 3. The molecule has 0 radical (unpaired) electrons. The monoisotopic (exact) mass is 533 g/mol. The van der Waals surface area contributed by atoms with Gasteiger partial charge in [0.05, 0.1) is 22.8 Å². The van der Waals surface area contributed by atoms with E-state index in [9.17, 15) is 9.18 Å². The number of anilines is 2. The highest BCUT2D eigenvalue weighted by Gasteiger charge is 2.33. The van der Waals surface area contributed by atoms with Crippen LogP contribution in [0.5, 0.6) is 0 Å². The van der Waals surface area contributed by atoms with Gasteiger partial charge in [-0.25, -0.2) is 9.38 Å². The van der Waals surface area contributed by atoms with E-state index >= 15 is 0 Å². The van der Waals surface area contributed by atoms with E-state index in [4.69, 9.17) is 10.7 Å². The summed E-state index contributed by atoms with van der Waals surface area (Å²) in [6.07, 6.45) is 0. The highest BCUT2D eigenvalue weighted by molar-refractivity contribution is 8.19. The molecule has 37 heavy (non-hydrogen) atoms. The first-order valence-electron chi connectivity index (χ1n) is 11.7. The van der Waals surface area contributed by atoms with Crippen molar-refractivity contribution in [3.63, 3.8) is 0 Å². The summed E-state index contributed by atoms with van der Waals surface area (Å²) in [5, 5.41) is 10.7. The molecule has 9 heteroatoms. The van der Waals surface area contributed by atoms with E-state index in [1.165, 1.54) is 35.7 Å².